The van der Waals surface area contributed by atoms with E-state index in [0.717, 1.165) is 16.7 Å². The highest BCUT2D eigenvalue weighted by molar-refractivity contribution is 7.90. The molecule has 0 fully saturated rings. The summed E-state index contributed by atoms with van der Waals surface area (Å²) in [5, 5.41) is 0. The van der Waals surface area contributed by atoms with Crippen molar-refractivity contribution in [2.75, 3.05) is 5.75 Å². The molecule has 32 heavy (non-hydrogen) atoms. The van der Waals surface area contributed by atoms with Gasteiger partial charge in [0.25, 0.3) is 5.56 Å². The number of imidazole rings is 1. The molecule has 0 aliphatic carbocycles. The highest BCUT2D eigenvalue weighted by atomic mass is 32.2. The smallest absolute Gasteiger partial charge is 0.318 e. The molecule has 0 bridgehead atoms. The second-order valence-corrected chi connectivity index (χ2v) is 10.4. The summed E-state index contributed by atoms with van der Waals surface area (Å²) in [7, 11) is -1.65. The number of benzene rings is 2. The van der Waals surface area contributed by atoms with Crippen LogP contribution >= 0.6 is 0 Å². The summed E-state index contributed by atoms with van der Waals surface area (Å²) >= 11 is 0. The topological polar surface area (TPSA) is 93.9 Å². The lowest BCUT2D eigenvalue weighted by Crippen LogP contribution is -2.18. The first kappa shape index (κ1) is 21.8. The van der Waals surface area contributed by atoms with Crippen LogP contribution in [-0.4, -0.2) is 28.3 Å². The van der Waals surface area contributed by atoms with Gasteiger partial charge in [-0.25, -0.2) is 13.2 Å². The Morgan fingerprint density at radius 3 is 2.38 bits per heavy atom. The van der Waals surface area contributed by atoms with E-state index >= 15 is 0 Å². The number of aromatic nitrogens is 3. The van der Waals surface area contributed by atoms with Crippen molar-refractivity contribution in [1.82, 2.24) is 14.1 Å². The van der Waals surface area contributed by atoms with Gasteiger partial charge in [0.1, 0.15) is 0 Å². The van der Waals surface area contributed by atoms with Gasteiger partial charge in [-0.2, -0.15) is 0 Å². The molecule has 2 aromatic heterocycles. The van der Waals surface area contributed by atoms with Crippen LogP contribution in [0.25, 0.3) is 22.2 Å². The van der Waals surface area contributed by atoms with Crippen LogP contribution in [0, 0.1) is 6.92 Å². The molecule has 0 aliphatic heterocycles. The standard InChI is InChI=1S/C24H25N3O4S/c1-4-32(30,31)15-20-11-18(19-10-16(2)23(28)26(3)14-19)12-21-22(20)25-24(29)27(21)13-17-8-6-5-7-9-17/h5-12,14H,4,13,15H2,1-3H3,(H,25,29). The Morgan fingerprint density at radius 2 is 1.72 bits per heavy atom. The van der Waals surface area contributed by atoms with Gasteiger partial charge in [0.2, 0.25) is 0 Å². The monoisotopic (exact) mass is 451 g/mol. The molecule has 0 saturated carbocycles. The molecular formula is C24H25N3O4S. The average molecular weight is 452 g/mol. The molecule has 8 heteroatoms. The number of hydrogen-bond donors (Lipinski definition) is 1. The Kier molecular flexibility index (Phi) is 5.64. The van der Waals surface area contributed by atoms with E-state index in [-0.39, 0.29) is 22.8 Å². The zero-order valence-corrected chi connectivity index (χ0v) is 19.1. The first-order valence-electron chi connectivity index (χ1n) is 10.4. The minimum Gasteiger partial charge on any atom is -0.318 e. The Morgan fingerprint density at radius 1 is 1.00 bits per heavy atom. The van der Waals surface area contributed by atoms with Crippen molar-refractivity contribution in [2.45, 2.75) is 26.1 Å². The fourth-order valence-electron chi connectivity index (χ4n) is 3.90. The summed E-state index contributed by atoms with van der Waals surface area (Å²) < 4.78 is 28.0. The number of rotatable bonds is 6. The molecule has 2 aromatic carbocycles. The third kappa shape index (κ3) is 4.18. The number of nitrogens with one attached hydrogen (secondary N) is 1. The summed E-state index contributed by atoms with van der Waals surface area (Å²) in [6.45, 7) is 3.71. The Balaban J connectivity index is 1.98. The molecule has 0 spiro atoms. The molecule has 0 amide bonds. The van der Waals surface area contributed by atoms with Crippen LogP contribution in [0.2, 0.25) is 0 Å². The van der Waals surface area contributed by atoms with Gasteiger partial charge in [0.05, 0.1) is 23.3 Å². The van der Waals surface area contributed by atoms with E-state index in [1.165, 1.54) is 4.57 Å². The van der Waals surface area contributed by atoms with Gasteiger partial charge in [0, 0.05) is 24.6 Å². The lowest BCUT2D eigenvalue weighted by Gasteiger charge is -2.12. The van der Waals surface area contributed by atoms with E-state index in [9.17, 15) is 18.0 Å². The number of sulfone groups is 1. The summed E-state index contributed by atoms with van der Waals surface area (Å²) in [4.78, 5) is 27.9. The zero-order valence-electron chi connectivity index (χ0n) is 18.3. The number of pyridine rings is 1. The lowest BCUT2D eigenvalue weighted by molar-refractivity contribution is 0.596. The fraction of sp³-hybridized carbons (Fsp3) is 0.250. The minimum atomic E-state index is -3.33. The molecule has 2 heterocycles. The molecule has 0 atom stereocenters. The van der Waals surface area contributed by atoms with Crippen molar-refractivity contribution in [3.8, 4) is 11.1 Å². The van der Waals surface area contributed by atoms with Crippen LogP contribution in [0.5, 0.6) is 0 Å². The van der Waals surface area contributed by atoms with E-state index in [1.807, 2.05) is 36.4 Å². The maximum atomic E-state index is 12.8. The number of nitrogens with zero attached hydrogens (tertiary/aromatic N) is 2. The minimum absolute atomic E-state index is 0.00657. The van der Waals surface area contributed by atoms with Crippen molar-refractivity contribution < 1.29 is 8.42 Å². The fourth-order valence-corrected chi connectivity index (χ4v) is 4.81. The SMILES string of the molecule is CCS(=O)(=O)Cc1cc(-c2cc(C)c(=O)n(C)c2)cc2c1[nH]c(=O)n2Cc1ccccc1. The largest absolute Gasteiger partial charge is 0.326 e. The van der Waals surface area contributed by atoms with Crippen molar-refractivity contribution >= 4 is 20.9 Å². The van der Waals surface area contributed by atoms with E-state index < -0.39 is 9.84 Å². The summed E-state index contributed by atoms with van der Waals surface area (Å²) in [6.07, 6.45) is 1.72. The molecular weight excluding hydrogens is 426 g/mol. The van der Waals surface area contributed by atoms with Gasteiger partial charge >= 0.3 is 5.69 Å². The molecule has 7 nitrogen and oxygen atoms in total. The second kappa shape index (κ2) is 8.27. The first-order chi connectivity index (χ1) is 15.2. The van der Waals surface area contributed by atoms with Crippen LogP contribution in [0.4, 0.5) is 0 Å². The molecule has 1 N–H and O–H groups in total. The molecule has 0 radical (unpaired) electrons. The Labute approximate surface area is 185 Å². The van der Waals surface area contributed by atoms with Crippen LogP contribution in [0.1, 0.15) is 23.6 Å². The number of aromatic amines is 1. The van der Waals surface area contributed by atoms with Gasteiger partial charge in [-0.05, 0) is 47.4 Å². The Hall–Kier alpha value is -3.39. The number of fused-ring (bicyclic) bond motifs is 1. The predicted octanol–water partition coefficient (Wildman–Crippen LogP) is 2.99. The number of aryl methyl sites for hydroxylation is 2. The summed E-state index contributed by atoms with van der Waals surface area (Å²) in [6, 6.07) is 15.1. The molecule has 0 unspecified atom stereocenters. The quantitative estimate of drug-likeness (QED) is 0.488. The van der Waals surface area contributed by atoms with Gasteiger partial charge in [0.15, 0.2) is 9.84 Å². The summed E-state index contributed by atoms with van der Waals surface area (Å²) in [5.74, 6) is -0.170. The predicted molar refractivity (Wildman–Crippen MR) is 127 cm³/mol. The lowest BCUT2D eigenvalue weighted by atomic mass is 10.0. The highest BCUT2D eigenvalue weighted by Crippen LogP contribution is 2.28. The molecule has 4 aromatic rings. The number of hydrogen-bond acceptors (Lipinski definition) is 4. The molecule has 4 rings (SSSR count). The molecule has 0 saturated heterocycles. The van der Waals surface area contributed by atoms with Crippen molar-refractivity contribution in [3.63, 3.8) is 0 Å². The maximum Gasteiger partial charge on any atom is 0.326 e. The van der Waals surface area contributed by atoms with Crippen LogP contribution in [0.3, 0.4) is 0 Å². The van der Waals surface area contributed by atoms with E-state index in [0.29, 0.717) is 28.7 Å². The van der Waals surface area contributed by atoms with Gasteiger partial charge in [-0.15, -0.1) is 0 Å². The Bertz CT molecular complexity index is 1500. The van der Waals surface area contributed by atoms with Gasteiger partial charge in [-0.3, -0.25) is 9.36 Å². The van der Waals surface area contributed by atoms with Crippen LogP contribution < -0.4 is 11.2 Å². The first-order valence-corrected chi connectivity index (χ1v) is 12.2. The van der Waals surface area contributed by atoms with Crippen LogP contribution in [0.15, 0.2) is 64.3 Å². The summed E-state index contributed by atoms with van der Waals surface area (Å²) in [5.41, 5.74) is 4.37. The van der Waals surface area contributed by atoms with E-state index in [4.69, 9.17) is 0 Å². The molecule has 0 aliphatic rings. The van der Waals surface area contributed by atoms with E-state index in [1.54, 1.807) is 43.8 Å². The maximum absolute atomic E-state index is 12.8. The third-order valence-corrected chi connectivity index (χ3v) is 7.29. The van der Waals surface area contributed by atoms with Gasteiger partial charge < -0.3 is 9.55 Å². The third-order valence-electron chi connectivity index (χ3n) is 5.66. The van der Waals surface area contributed by atoms with Crippen molar-refractivity contribution in [3.05, 3.63) is 92.3 Å². The van der Waals surface area contributed by atoms with Gasteiger partial charge in [-0.1, -0.05) is 37.3 Å². The van der Waals surface area contributed by atoms with Crippen LogP contribution in [-0.2, 0) is 29.2 Å². The average Bonchev–Trinajstić information content (AvgIpc) is 3.08. The molecule has 166 valence electrons. The normalized spacial score (nSPS) is 11.8. The van der Waals surface area contributed by atoms with Crippen molar-refractivity contribution in [2.24, 2.45) is 7.05 Å². The number of H-pyrrole nitrogens is 1. The second-order valence-electron chi connectivity index (χ2n) is 8.04. The van der Waals surface area contributed by atoms with E-state index in [2.05, 4.69) is 4.98 Å². The van der Waals surface area contributed by atoms with Crippen molar-refractivity contribution in [1.29, 1.82) is 0 Å². The zero-order chi connectivity index (χ0) is 23.0. The highest BCUT2D eigenvalue weighted by Gasteiger charge is 2.18.